The van der Waals surface area contributed by atoms with Crippen LogP contribution in [0.4, 0.5) is 0 Å². The van der Waals surface area contributed by atoms with Crippen molar-refractivity contribution in [3.05, 3.63) is 30.1 Å². The number of carbonyl (C=O) groups is 2. The van der Waals surface area contributed by atoms with Crippen LogP contribution in [0.2, 0.25) is 0 Å². The molecule has 1 saturated heterocycles. The second-order valence-electron chi connectivity index (χ2n) is 8.33. The highest BCUT2D eigenvalue weighted by Gasteiger charge is 2.64. The maximum atomic E-state index is 12.9. The molecule has 1 aromatic rings. The Balaban J connectivity index is 1.65. The van der Waals surface area contributed by atoms with Gasteiger partial charge in [0.15, 0.2) is 0 Å². The van der Waals surface area contributed by atoms with Crippen molar-refractivity contribution < 1.29 is 9.59 Å². The Kier molecular flexibility index (Phi) is 5.32. The molecule has 1 saturated carbocycles. The zero-order chi connectivity index (χ0) is 18.9. The highest BCUT2D eigenvalue weighted by atomic mass is 16.2. The van der Waals surface area contributed by atoms with Gasteiger partial charge in [0, 0.05) is 52.0 Å². The van der Waals surface area contributed by atoms with Crippen LogP contribution in [0.15, 0.2) is 24.5 Å². The van der Waals surface area contributed by atoms with Crippen LogP contribution in [0.1, 0.15) is 32.3 Å². The van der Waals surface area contributed by atoms with Crippen molar-refractivity contribution in [2.45, 2.75) is 39.3 Å². The van der Waals surface area contributed by atoms with E-state index in [4.69, 9.17) is 0 Å². The third-order valence-electron chi connectivity index (χ3n) is 5.71. The van der Waals surface area contributed by atoms with Crippen molar-refractivity contribution in [3.8, 4) is 0 Å². The summed E-state index contributed by atoms with van der Waals surface area (Å²) in [5.74, 6) is 0.798. The lowest BCUT2D eigenvalue weighted by Gasteiger charge is -2.24. The van der Waals surface area contributed by atoms with Crippen LogP contribution in [0.25, 0.3) is 0 Å². The molecule has 0 unspecified atom stereocenters. The molecule has 1 spiro atoms. The van der Waals surface area contributed by atoms with Gasteiger partial charge in [0.05, 0.1) is 6.04 Å². The van der Waals surface area contributed by atoms with Gasteiger partial charge in [-0.25, -0.2) is 0 Å². The Labute approximate surface area is 156 Å². The first-order valence-electron chi connectivity index (χ1n) is 9.46. The van der Waals surface area contributed by atoms with Crippen LogP contribution in [0, 0.1) is 17.3 Å². The largest absolute Gasteiger partial charge is 0.358 e. The molecule has 26 heavy (non-hydrogen) atoms. The van der Waals surface area contributed by atoms with E-state index in [1.54, 1.807) is 24.3 Å². The minimum atomic E-state index is -0.108. The molecule has 1 aromatic heterocycles. The average Bonchev–Trinajstić information content (AvgIpc) is 3.19. The predicted molar refractivity (Wildman–Crippen MR) is 100 cm³/mol. The fourth-order valence-electron chi connectivity index (χ4n) is 4.39. The zero-order valence-electron chi connectivity index (χ0n) is 16.2. The van der Waals surface area contributed by atoms with E-state index in [1.165, 1.54) is 0 Å². The Morgan fingerprint density at radius 1 is 1.42 bits per heavy atom. The lowest BCUT2D eigenvalue weighted by atomic mass is 9.98. The molecule has 2 fully saturated rings. The first-order valence-corrected chi connectivity index (χ1v) is 9.46. The summed E-state index contributed by atoms with van der Waals surface area (Å²) >= 11 is 0. The normalized spacial score (nSPS) is 27.7. The Morgan fingerprint density at radius 3 is 2.81 bits per heavy atom. The van der Waals surface area contributed by atoms with Gasteiger partial charge in [0.2, 0.25) is 11.8 Å². The number of likely N-dealkylation sites (tertiary alicyclic amines) is 1. The number of amides is 2. The second-order valence-corrected chi connectivity index (χ2v) is 8.33. The van der Waals surface area contributed by atoms with E-state index in [1.807, 2.05) is 19.2 Å². The Hall–Kier alpha value is -1.95. The molecular formula is C20H30N4O2. The van der Waals surface area contributed by atoms with Crippen molar-refractivity contribution >= 4 is 11.8 Å². The minimum absolute atomic E-state index is 0.0215. The highest BCUT2D eigenvalue weighted by Crippen LogP contribution is 2.60. The molecule has 0 aromatic carbocycles. The van der Waals surface area contributed by atoms with Crippen molar-refractivity contribution in [2.75, 3.05) is 27.2 Å². The van der Waals surface area contributed by atoms with E-state index in [0.717, 1.165) is 31.5 Å². The van der Waals surface area contributed by atoms with E-state index in [2.05, 4.69) is 29.0 Å². The number of nitrogens with one attached hydrogen (secondary N) is 1. The molecule has 3 rings (SSSR count). The van der Waals surface area contributed by atoms with Gasteiger partial charge in [0.25, 0.3) is 0 Å². The van der Waals surface area contributed by atoms with Crippen molar-refractivity contribution in [1.82, 2.24) is 20.1 Å². The molecule has 3 atom stereocenters. The lowest BCUT2D eigenvalue weighted by molar-refractivity contribution is -0.132. The van der Waals surface area contributed by atoms with Gasteiger partial charge in [-0.15, -0.1) is 0 Å². The third-order valence-corrected chi connectivity index (χ3v) is 5.71. The summed E-state index contributed by atoms with van der Waals surface area (Å²) in [6, 6.07) is 3.77. The van der Waals surface area contributed by atoms with E-state index in [9.17, 15) is 9.59 Å². The maximum Gasteiger partial charge on any atom is 0.237 e. The average molecular weight is 358 g/mol. The molecule has 2 heterocycles. The monoisotopic (exact) mass is 358 g/mol. The molecule has 6 nitrogen and oxygen atoms in total. The highest BCUT2D eigenvalue weighted by molar-refractivity contribution is 5.85. The zero-order valence-corrected chi connectivity index (χ0v) is 16.2. The number of nitrogens with zero attached hydrogens (tertiary/aromatic N) is 3. The van der Waals surface area contributed by atoms with E-state index in [-0.39, 0.29) is 29.2 Å². The number of rotatable bonds is 6. The van der Waals surface area contributed by atoms with Gasteiger partial charge in [-0.1, -0.05) is 19.9 Å². The summed E-state index contributed by atoms with van der Waals surface area (Å²) in [6.45, 7) is 6.66. The fourth-order valence-corrected chi connectivity index (χ4v) is 4.39. The molecule has 142 valence electrons. The van der Waals surface area contributed by atoms with Gasteiger partial charge in [-0.2, -0.15) is 0 Å². The molecule has 0 bridgehead atoms. The van der Waals surface area contributed by atoms with E-state index in [0.29, 0.717) is 12.5 Å². The van der Waals surface area contributed by atoms with E-state index >= 15 is 0 Å². The van der Waals surface area contributed by atoms with Crippen LogP contribution < -0.4 is 5.32 Å². The number of carbonyl (C=O) groups excluding carboxylic acids is 2. The minimum Gasteiger partial charge on any atom is -0.358 e. The van der Waals surface area contributed by atoms with Crippen LogP contribution in [-0.2, 0) is 16.1 Å². The summed E-state index contributed by atoms with van der Waals surface area (Å²) in [7, 11) is 3.55. The van der Waals surface area contributed by atoms with Gasteiger partial charge in [-0.05, 0) is 35.8 Å². The number of hydrogen-bond acceptors (Lipinski definition) is 4. The van der Waals surface area contributed by atoms with Gasteiger partial charge < -0.3 is 10.2 Å². The topological polar surface area (TPSA) is 65.5 Å². The van der Waals surface area contributed by atoms with Crippen LogP contribution in [0.3, 0.4) is 0 Å². The third kappa shape index (κ3) is 3.75. The van der Waals surface area contributed by atoms with Gasteiger partial charge in [-0.3, -0.25) is 19.5 Å². The SMILES string of the molecule is CNC(=O)[C@@H]1C[C@@]2(C[C@@H]2C(=O)N(C)Cc2cccnc2)CN1CC(C)C. The molecule has 1 aliphatic heterocycles. The fraction of sp³-hybridized carbons (Fsp3) is 0.650. The summed E-state index contributed by atoms with van der Waals surface area (Å²) in [4.78, 5) is 33.4. The maximum absolute atomic E-state index is 12.9. The summed E-state index contributed by atoms with van der Waals surface area (Å²) in [5.41, 5.74) is 1.01. The quantitative estimate of drug-likeness (QED) is 0.837. The summed E-state index contributed by atoms with van der Waals surface area (Å²) in [6.07, 6.45) is 5.22. The Bertz CT molecular complexity index is 663. The molecule has 2 amide bonds. The molecule has 1 aliphatic carbocycles. The second kappa shape index (κ2) is 7.35. The molecule has 2 aliphatic rings. The van der Waals surface area contributed by atoms with Crippen molar-refractivity contribution in [1.29, 1.82) is 0 Å². The Morgan fingerprint density at radius 2 is 2.19 bits per heavy atom. The number of aromatic nitrogens is 1. The van der Waals surface area contributed by atoms with Crippen LogP contribution in [0.5, 0.6) is 0 Å². The first-order chi connectivity index (χ1) is 12.4. The molecular weight excluding hydrogens is 328 g/mol. The standard InChI is InChI=1S/C20H30N4O2/c1-14(2)11-24-13-20(9-17(24)18(25)21-3)8-16(20)19(26)23(4)12-15-6-5-7-22-10-15/h5-7,10,14,16-17H,8-9,11-13H2,1-4H3,(H,21,25)/t16-,17+,20+/m1/s1. The van der Waals surface area contributed by atoms with Gasteiger partial charge in [0.1, 0.15) is 0 Å². The number of hydrogen-bond donors (Lipinski definition) is 1. The predicted octanol–water partition coefficient (Wildman–Crippen LogP) is 1.52. The molecule has 6 heteroatoms. The molecule has 1 N–H and O–H groups in total. The number of pyridine rings is 1. The van der Waals surface area contributed by atoms with Crippen LogP contribution in [-0.4, -0.2) is 59.8 Å². The first kappa shape index (κ1) is 18.8. The summed E-state index contributed by atoms with van der Waals surface area (Å²) < 4.78 is 0. The molecule has 0 radical (unpaired) electrons. The van der Waals surface area contributed by atoms with Gasteiger partial charge >= 0.3 is 0 Å². The summed E-state index contributed by atoms with van der Waals surface area (Å²) in [5, 5.41) is 2.79. The van der Waals surface area contributed by atoms with Crippen molar-refractivity contribution in [3.63, 3.8) is 0 Å². The van der Waals surface area contributed by atoms with Crippen LogP contribution >= 0.6 is 0 Å². The smallest absolute Gasteiger partial charge is 0.237 e. The lowest BCUT2D eigenvalue weighted by Crippen LogP contribution is -2.43. The van der Waals surface area contributed by atoms with Crippen molar-refractivity contribution in [2.24, 2.45) is 17.3 Å². The number of likely N-dealkylation sites (N-methyl/N-ethyl adjacent to an activating group) is 1. The van der Waals surface area contributed by atoms with E-state index < -0.39 is 0 Å².